The summed E-state index contributed by atoms with van der Waals surface area (Å²) >= 11 is 6.68. The van der Waals surface area contributed by atoms with E-state index in [2.05, 4.69) is 31.9 Å². The van der Waals surface area contributed by atoms with E-state index < -0.39 is 12.2 Å². The van der Waals surface area contributed by atoms with E-state index in [1.165, 1.54) is 0 Å². The summed E-state index contributed by atoms with van der Waals surface area (Å²) in [6, 6.07) is 3.49. The Morgan fingerprint density at radius 3 is 2.67 bits per heavy atom. The highest BCUT2D eigenvalue weighted by atomic mass is 79.9. The number of hydrogen-bond donors (Lipinski definition) is 1. The van der Waals surface area contributed by atoms with Gasteiger partial charge < -0.3 is 9.84 Å². The Bertz CT molecular complexity index is 472. The summed E-state index contributed by atoms with van der Waals surface area (Å²) < 4.78 is 6.77. The zero-order valence-electron chi connectivity index (χ0n) is 7.41. The third-order valence-corrected chi connectivity index (χ3v) is 4.62. The van der Waals surface area contributed by atoms with Gasteiger partial charge in [-0.15, -0.1) is 0 Å². The molecule has 0 saturated carbocycles. The predicted octanol–water partition coefficient (Wildman–Crippen LogP) is 2.21. The van der Waals surface area contributed by atoms with Crippen LogP contribution in [0, 0.1) is 0 Å². The summed E-state index contributed by atoms with van der Waals surface area (Å²) in [4.78, 5) is 11.8. The van der Waals surface area contributed by atoms with Gasteiger partial charge in [0.05, 0.1) is 0 Å². The maximum absolute atomic E-state index is 11.8. The summed E-state index contributed by atoms with van der Waals surface area (Å²) in [5.74, 6) is -0.0338. The van der Waals surface area contributed by atoms with Gasteiger partial charge in [-0.2, -0.15) is 0 Å². The summed E-state index contributed by atoms with van der Waals surface area (Å²) in [7, 11) is 0. The van der Waals surface area contributed by atoms with Gasteiger partial charge in [-0.3, -0.25) is 4.79 Å². The summed E-state index contributed by atoms with van der Waals surface area (Å²) in [5, 5.41) is 9.89. The number of epoxide rings is 1. The fraction of sp³-hybridized carbons (Fsp3) is 0.300. The number of fused-ring (bicyclic) bond motifs is 2. The van der Waals surface area contributed by atoms with Crippen LogP contribution in [-0.2, 0) is 4.74 Å². The average Bonchev–Trinajstić information content (AvgIpc) is 2.98. The van der Waals surface area contributed by atoms with Gasteiger partial charge in [-0.1, -0.05) is 0 Å². The first-order valence-electron chi connectivity index (χ1n) is 4.46. The Hall–Kier alpha value is -0.230. The van der Waals surface area contributed by atoms with Crippen molar-refractivity contribution in [3.05, 3.63) is 32.2 Å². The summed E-state index contributed by atoms with van der Waals surface area (Å²) in [5.41, 5.74) is 1.20. The number of ether oxygens (including phenoxy) is 1. The summed E-state index contributed by atoms with van der Waals surface area (Å²) in [6.45, 7) is 0. The Kier molecular flexibility index (Phi) is 2.08. The molecule has 1 aliphatic carbocycles. The van der Waals surface area contributed by atoms with Crippen LogP contribution in [-0.4, -0.2) is 23.1 Å². The fourth-order valence-corrected chi connectivity index (χ4v) is 2.63. The van der Waals surface area contributed by atoms with Crippen LogP contribution in [0.2, 0.25) is 0 Å². The smallest absolute Gasteiger partial charge is 0.194 e. The molecule has 15 heavy (non-hydrogen) atoms. The number of hydrogen-bond acceptors (Lipinski definition) is 3. The number of carbonyl (C=O) groups is 1. The quantitative estimate of drug-likeness (QED) is 0.740. The van der Waals surface area contributed by atoms with Crippen molar-refractivity contribution in [3.8, 4) is 0 Å². The number of carbonyl (C=O) groups excluding carboxylic acids is 1. The molecule has 1 aliphatic heterocycles. The molecule has 78 valence electrons. The van der Waals surface area contributed by atoms with Crippen LogP contribution in [0.5, 0.6) is 0 Å². The highest BCUT2D eigenvalue weighted by Gasteiger charge is 2.54. The van der Waals surface area contributed by atoms with Crippen LogP contribution in [0.4, 0.5) is 0 Å². The first-order chi connectivity index (χ1) is 7.09. The van der Waals surface area contributed by atoms with E-state index in [1.807, 2.05) is 0 Å². The number of benzene rings is 1. The van der Waals surface area contributed by atoms with E-state index in [1.54, 1.807) is 12.1 Å². The van der Waals surface area contributed by atoms with Crippen LogP contribution < -0.4 is 0 Å². The van der Waals surface area contributed by atoms with Gasteiger partial charge in [0, 0.05) is 14.5 Å². The maximum atomic E-state index is 11.8. The first kappa shape index (κ1) is 9.96. The van der Waals surface area contributed by atoms with Crippen LogP contribution in [0.15, 0.2) is 21.1 Å². The molecule has 5 heteroatoms. The Labute approximate surface area is 103 Å². The normalized spacial score (nSPS) is 32.2. The predicted molar refractivity (Wildman–Crippen MR) is 59.8 cm³/mol. The van der Waals surface area contributed by atoms with Gasteiger partial charge in [-0.05, 0) is 49.6 Å². The molecule has 1 aromatic rings. The monoisotopic (exact) mass is 332 g/mol. The van der Waals surface area contributed by atoms with Gasteiger partial charge in [0.2, 0.25) is 0 Å². The van der Waals surface area contributed by atoms with E-state index in [0.717, 1.165) is 8.95 Å². The van der Waals surface area contributed by atoms with Crippen LogP contribution in [0.25, 0.3) is 0 Å². The van der Waals surface area contributed by atoms with Crippen molar-refractivity contribution < 1.29 is 14.6 Å². The first-order valence-corrected chi connectivity index (χ1v) is 6.05. The number of aliphatic hydroxyl groups excluding tert-OH is 1. The zero-order valence-corrected chi connectivity index (χ0v) is 10.6. The molecule has 3 nitrogen and oxygen atoms in total. The van der Waals surface area contributed by atoms with Crippen molar-refractivity contribution >= 4 is 37.6 Å². The van der Waals surface area contributed by atoms with Gasteiger partial charge in [0.15, 0.2) is 5.78 Å². The van der Waals surface area contributed by atoms with Gasteiger partial charge >= 0.3 is 0 Å². The SMILES string of the molecule is O=C1c2cc(Br)c(Br)cc2[C@H](O)[C@@H]2O[C@H]12. The molecule has 1 saturated heterocycles. The molecule has 3 rings (SSSR count). The van der Waals surface area contributed by atoms with E-state index in [4.69, 9.17) is 4.74 Å². The molecule has 1 fully saturated rings. The minimum atomic E-state index is -0.688. The minimum absolute atomic E-state index is 0.0338. The Balaban J connectivity index is 2.22. The average molecular weight is 334 g/mol. The fourth-order valence-electron chi connectivity index (χ4n) is 1.93. The molecule has 0 amide bonds. The van der Waals surface area contributed by atoms with Gasteiger partial charge in [0.1, 0.15) is 18.3 Å². The maximum Gasteiger partial charge on any atom is 0.194 e. The lowest BCUT2D eigenvalue weighted by Crippen LogP contribution is -2.24. The molecular formula is C10H6Br2O3. The zero-order chi connectivity index (χ0) is 10.7. The Morgan fingerprint density at radius 1 is 1.27 bits per heavy atom. The molecule has 0 radical (unpaired) electrons. The van der Waals surface area contributed by atoms with Gasteiger partial charge in [0.25, 0.3) is 0 Å². The highest BCUT2D eigenvalue weighted by Crippen LogP contribution is 2.44. The van der Waals surface area contributed by atoms with E-state index in [0.29, 0.717) is 11.1 Å². The van der Waals surface area contributed by atoms with Crippen LogP contribution >= 0.6 is 31.9 Å². The number of Topliss-reactive ketones (excluding diaryl/α,β-unsaturated/α-hetero) is 1. The lowest BCUT2D eigenvalue weighted by Gasteiger charge is -2.17. The van der Waals surface area contributed by atoms with Crippen LogP contribution in [0.3, 0.4) is 0 Å². The molecule has 1 aromatic carbocycles. The second kappa shape index (κ2) is 3.13. The van der Waals surface area contributed by atoms with Crippen molar-refractivity contribution in [2.45, 2.75) is 18.3 Å². The molecule has 0 unspecified atom stereocenters. The molecule has 1 N–H and O–H groups in total. The van der Waals surface area contributed by atoms with Crippen molar-refractivity contribution in [1.82, 2.24) is 0 Å². The van der Waals surface area contributed by atoms with Crippen molar-refractivity contribution in [1.29, 1.82) is 0 Å². The molecular weight excluding hydrogens is 328 g/mol. The molecule has 1 heterocycles. The topological polar surface area (TPSA) is 49.8 Å². The number of aliphatic hydroxyl groups is 1. The van der Waals surface area contributed by atoms with E-state index >= 15 is 0 Å². The lowest BCUT2D eigenvalue weighted by atomic mass is 9.89. The van der Waals surface area contributed by atoms with Crippen LogP contribution in [0.1, 0.15) is 22.0 Å². The van der Waals surface area contributed by atoms with Gasteiger partial charge in [-0.25, -0.2) is 0 Å². The number of halogens is 2. The standard InChI is InChI=1S/C10H6Br2O3/c11-5-1-3-4(2-6(5)12)8(14)10-9(15-10)7(3)13/h1-2,7,9-10,13H/t7-,9-,10+/m0/s1. The van der Waals surface area contributed by atoms with E-state index in [9.17, 15) is 9.90 Å². The largest absolute Gasteiger partial charge is 0.386 e. The molecule has 0 spiro atoms. The van der Waals surface area contributed by atoms with Crippen molar-refractivity contribution in [2.75, 3.05) is 0 Å². The molecule has 0 bridgehead atoms. The molecule has 2 aliphatic rings. The Morgan fingerprint density at radius 2 is 1.93 bits per heavy atom. The summed E-state index contributed by atoms with van der Waals surface area (Å²) in [6.07, 6.45) is -1.45. The third kappa shape index (κ3) is 1.34. The third-order valence-electron chi connectivity index (χ3n) is 2.77. The van der Waals surface area contributed by atoms with Crippen molar-refractivity contribution in [2.24, 2.45) is 0 Å². The highest BCUT2D eigenvalue weighted by molar-refractivity contribution is 9.13. The number of ketones is 1. The van der Waals surface area contributed by atoms with Crippen molar-refractivity contribution in [3.63, 3.8) is 0 Å². The lowest BCUT2D eigenvalue weighted by molar-refractivity contribution is 0.0941. The molecule has 3 atom stereocenters. The second-order valence-electron chi connectivity index (χ2n) is 3.68. The minimum Gasteiger partial charge on any atom is -0.386 e. The number of rotatable bonds is 0. The molecule has 0 aromatic heterocycles. The van der Waals surface area contributed by atoms with E-state index in [-0.39, 0.29) is 11.9 Å². The second-order valence-corrected chi connectivity index (χ2v) is 5.39.